The Labute approximate surface area is 211 Å². The molecular weight excluding hydrogens is 454 g/mol. The molecular formula is C27H33N7O2. The highest BCUT2D eigenvalue weighted by Gasteiger charge is 2.29. The number of carbonyl (C=O) groups is 1. The lowest BCUT2D eigenvalue weighted by Gasteiger charge is -2.35. The summed E-state index contributed by atoms with van der Waals surface area (Å²) in [6, 6.07) is 12.4. The van der Waals surface area contributed by atoms with Crippen molar-refractivity contribution in [2.24, 2.45) is 5.92 Å². The predicted molar refractivity (Wildman–Crippen MR) is 139 cm³/mol. The number of ketones is 1. The predicted octanol–water partition coefficient (Wildman–Crippen LogP) is 2.92. The topological polar surface area (TPSA) is 92.3 Å². The molecule has 2 atom stereocenters. The van der Waals surface area contributed by atoms with Gasteiger partial charge in [-0.1, -0.05) is 12.1 Å². The molecule has 3 aromatic heterocycles. The first-order valence-corrected chi connectivity index (χ1v) is 12.6. The van der Waals surface area contributed by atoms with Crippen molar-refractivity contribution in [1.29, 1.82) is 0 Å². The van der Waals surface area contributed by atoms with E-state index >= 15 is 0 Å². The van der Waals surface area contributed by atoms with Gasteiger partial charge in [0.25, 0.3) is 0 Å². The van der Waals surface area contributed by atoms with Crippen LogP contribution in [-0.4, -0.2) is 72.4 Å². The number of fused-ring (bicyclic) bond motifs is 1. The van der Waals surface area contributed by atoms with Crippen molar-refractivity contribution in [2.75, 3.05) is 31.1 Å². The number of aliphatic hydroxyl groups is 1. The van der Waals surface area contributed by atoms with Gasteiger partial charge in [0.15, 0.2) is 0 Å². The molecule has 0 radical (unpaired) electrons. The van der Waals surface area contributed by atoms with Crippen LogP contribution in [0.25, 0.3) is 16.7 Å². The number of likely N-dealkylation sites (tertiary alicyclic amines) is 1. The van der Waals surface area contributed by atoms with E-state index in [0.717, 1.165) is 48.6 Å². The molecule has 1 aliphatic heterocycles. The summed E-state index contributed by atoms with van der Waals surface area (Å²) in [4.78, 5) is 25.0. The first-order chi connectivity index (χ1) is 17.5. The minimum absolute atomic E-state index is 0.123. The number of Topliss-reactive ketones (excluding diaryl/α,β-unsaturated/α-hetero) is 1. The van der Waals surface area contributed by atoms with Crippen LogP contribution in [0.2, 0.25) is 0 Å². The molecule has 4 heterocycles. The molecule has 0 bridgehead atoms. The Hall–Kier alpha value is -3.56. The van der Waals surface area contributed by atoms with Gasteiger partial charge in [0.1, 0.15) is 23.6 Å². The lowest BCUT2D eigenvalue weighted by atomic mass is 9.93. The molecule has 9 nitrogen and oxygen atoms in total. The second kappa shape index (κ2) is 10.6. The lowest BCUT2D eigenvalue weighted by molar-refractivity contribution is -0.119. The van der Waals surface area contributed by atoms with Gasteiger partial charge < -0.3 is 14.6 Å². The highest BCUT2D eigenvalue weighted by atomic mass is 16.3. The van der Waals surface area contributed by atoms with Gasteiger partial charge in [-0.2, -0.15) is 5.10 Å². The Kier molecular flexibility index (Phi) is 7.11. The number of rotatable bonds is 9. The van der Waals surface area contributed by atoms with E-state index in [-0.39, 0.29) is 11.7 Å². The van der Waals surface area contributed by atoms with Gasteiger partial charge in [0.05, 0.1) is 23.7 Å². The fourth-order valence-corrected chi connectivity index (χ4v) is 5.09. The van der Waals surface area contributed by atoms with E-state index in [2.05, 4.69) is 61.8 Å². The zero-order valence-corrected chi connectivity index (χ0v) is 20.9. The van der Waals surface area contributed by atoms with Crippen molar-refractivity contribution in [3.63, 3.8) is 0 Å². The second-order valence-corrected chi connectivity index (χ2v) is 9.59. The molecule has 36 heavy (non-hydrogen) atoms. The molecule has 1 unspecified atom stereocenters. The Morgan fingerprint density at radius 3 is 2.69 bits per heavy atom. The summed E-state index contributed by atoms with van der Waals surface area (Å²) >= 11 is 0. The van der Waals surface area contributed by atoms with Crippen molar-refractivity contribution in [3.05, 3.63) is 66.9 Å². The standard InChI is InChI=1S/C27H33N7O2/c1-3-32(16-21-5-7-23(8-6-21)34-12-4-11-30-34)26-24-10-14-33(27(24)29-19-28-26)17-22-9-13-31(15-20(2)35)18-25(22)36/h4-8,10-12,14,19,22,25,36H,3,9,13,15-18H2,1-2H3/t22?,25-/m0/s1. The van der Waals surface area contributed by atoms with E-state index in [0.29, 0.717) is 19.6 Å². The number of aliphatic hydroxyl groups excluding tert-OH is 1. The number of carbonyl (C=O) groups excluding carboxylic acids is 1. The van der Waals surface area contributed by atoms with Gasteiger partial charge in [0.2, 0.25) is 0 Å². The molecule has 9 heteroatoms. The summed E-state index contributed by atoms with van der Waals surface area (Å²) in [6.07, 6.45) is 7.77. The van der Waals surface area contributed by atoms with Crippen molar-refractivity contribution >= 4 is 22.6 Å². The van der Waals surface area contributed by atoms with E-state index in [4.69, 9.17) is 0 Å². The molecule has 188 valence electrons. The number of piperidine rings is 1. The number of nitrogens with zero attached hydrogens (tertiary/aromatic N) is 7. The van der Waals surface area contributed by atoms with Crippen LogP contribution in [0.15, 0.2) is 61.3 Å². The van der Waals surface area contributed by atoms with Gasteiger partial charge in [-0.3, -0.25) is 9.69 Å². The Morgan fingerprint density at radius 2 is 2.00 bits per heavy atom. The first-order valence-electron chi connectivity index (χ1n) is 12.6. The van der Waals surface area contributed by atoms with Crippen LogP contribution in [-0.2, 0) is 17.9 Å². The van der Waals surface area contributed by atoms with Crippen LogP contribution in [0.4, 0.5) is 5.82 Å². The number of benzene rings is 1. The smallest absolute Gasteiger partial charge is 0.145 e. The number of hydrogen-bond donors (Lipinski definition) is 1. The van der Waals surface area contributed by atoms with Gasteiger partial charge in [-0.15, -0.1) is 0 Å². The first kappa shape index (κ1) is 24.1. The van der Waals surface area contributed by atoms with E-state index in [1.165, 1.54) is 5.56 Å². The molecule has 0 saturated carbocycles. The molecule has 5 rings (SSSR count). The maximum Gasteiger partial charge on any atom is 0.145 e. The normalized spacial score (nSPS) is 18.5. The molecule has 0 spiro atoms. The molecule has 1 saturated heterocycles. The summed E-state index contributed by atoms with van der Waals surface area (Å²) in [5.74, 6) is 1.17. The molecule has 0 amide bonds. The van der Waals surface area contributed by atoms with Crippen LogP contribution >= 0.6 is 0 Å². The van der Waals surface area contributed by atoms with Crippen molar-refractivity contribution in [3.8, 4) is 5.69 Å². The molecule has 0 aliphatic carbocycles. The summed E-state index contributed by atoms with van der Waals surface area (Å²) < 4.78 is 3.98. The average Bonchev–Trinajstić information content (AvgIpc) is 3.55. The molecule has 1 fully saturated rings. The van der Waals surface area contributed by atoms with E-state index in [1.807, 2.05) is 28.0 Å². The third kappa shape index (κ3) is 5.17. The fourth-order valence-electron chi connectivity index (χ4n) is 5.09. The molecule has 1 aliphatic rings. The largest absolute Gasteiger partial charge is 0.391 e. The summed E-state index contributed by atoms with van der Waals surface area (Å²) in [5, 5.41) is 16.0. The van der Waals surface area contributed by atoms with Gasteiger partial charge in [-0.05, 0) is 56.6 Å². The molecule has 1 N–H and O–H groups in total. The Morgan fingerprint density at radius 1 is 1.17 bits per heavy atom. The number of aromatic nitrogens is 5. The molecule has 4 aromatic rings. The zero-order chi connectivity index (χ0) is 25.1. The fraction of sp³-hybridized carbons (Fsp3) is 0.407. The van der Waals surface area contributed by atoms with Gasteiger partial charge in [-0.25, -0.2) is 14.6 Å². The van der Waals surface area contributed by atoms with Gasteiger partial charge in [0, 0.05) is 50.7 Å². The summed E-state index contributed by atoms with van der Waals surface area (Å²) in [6.45, 7) is 7.73. The second-order valence-electron chi connectivity index (χ2n) is 9.59. The maximum atomic E-state index is 11.4. The minimum Gasteiger partial charge on any atom is -0.391 e. The highest BCUT2D eigenvalue weighted by Crippen LogP contribution is 2.28. The minimum atomic E-state index is -0.464. The summed E-state index contributed by atoms with van der Waals surface area (Å²) in [5.41, 5.74) is 3.10. The third-order valence-electron chi connectivity index (χ3n) is 6.98. The number of hydrogen-bond acceptors (Lipinski definition) is 7. The average molecular weight is 488 g/mol. The zero-order valence-electron chi connectivity index (χ0n) is 20.9. The SMILES string of the molecule is CCN(Cc1ccc(-n2cccn2)cc1)c1ncnc2c1ccn2CC1CCN(CC(C)=O)C[C@@H]1O. The van der Waals surface area contributed by atoms with Crippen molar-refractivity contribution in [1.82, 2.24) is 29.2 Å². The van der Waals surface area contributed by atoms with Crippen LogP contribution in [0.1, 0.15) is 25.8 Å². The Bertz CT molecular complexity index is 1300. The van der Waals surface area contributed by atoms with Crippen LogP contribution in [0, 0.1) is 5.92 Å². The van der Waals surface area contributed by atoms with Crippen LogP contribution in [0.5, 0.6) is 0 Å². The van der Waals surface area contributed by atoms with E-state index in [9.17, 15) is 9.90 Å². The summed E-state index contributed by atoms with van der Waals surface area (Å²) in [7, 11) is 0. The van der Waals surface area contributed by atoms with Crippen molar-refractivity contribution < 1.29 is 9.90 Å². The quantitative estimate of drug-likeness (QED) is 0.388. The van der Waals surface area contributed by atoms with Gasteiger partial charge >= 0.3 is 0 Å². The maximum absolute atomic E-state index is 11.4. The number of anilines is 1. The number of β-amino-alcohol motifs (C(OH)–C–C–N with tert-alkyl or cyclic N) is 1. The van der Waals surface area contributed by atoms with E-state index in [1.54, 1.807) is 19.4 Å². The highest BCUT2D eigenvalue weighted by molar-refractivity contribution is 5.87. The Balaban J connectivity index is 1.31. The monoisotopic (exact) mass is 487 g/mol. The van der Waals surface area contributed by atoms with Crippen LogP contribution in [0.3, 0.4) is 0 Å². The van der Waals surface area contributed by atoms with Crippen LogP contribution < -0.4 is 4.90 Å². The van der Waals surface area contributed by atoms with Crippen molar-refractivity contribution in [2.45, 2.75) is 39.5 Å². The lowest BCUT2D eigenvalue weighted by Crippen LogP contribution is -2.46. The van der Waals surface area contributed by atoms with E-state index < -0.39 is 6.10 Å². The molecule has 1 aromatic carbocycles. The third-order valence-corrected chi connectivity index (χ3v) is 6.98.